The van der Waals surface area contributed by atoms with Gasteiger partial charge in [0.25, 0.3) is 11.8 Å². The molecule has 2 aliphatic rings. The maximum atomic E-state index is 13.1. The number of benzene rings is 1. The number of primary amides is 1. The van der Waals surface area contributed by atoms with Gasteiger partial charge in [-0.3, -0.25) is 14.4 Å². The van der Waals surface area contributed by atoms with Gasteiger partial charge in [0.05, 0.1) is 11.8 Å². The van der Waals surface area contributed by atoms with Crippen molar-refractivity contribution in [3.8, 4) is 0 Å². The number of likely N-dealkylation sites (tertiary alicyclic amines) is 1. The number of aryl methyl sites for hydroxylation is 1. The molecule has 7 nitrogen and oxygen atoms in total. The first kappa shape index (κ1) is 19.2. The van der Waals surface area contributed by atoms with Crippen molar-refractivity contribution < 1.29 is 18.8 Å². The number of nitrogens with one attached hydrogen (secondary N) is 1. The summed E-state index contributed by atoms with van der Waals surface area (Å²) in [6, 6.07) is 6.26. The van der Waals surface area contributed by atoms with Gasteiger partial charge >= 0.3 is 0 Å². The van der Waals surface area contributed by atoms with Crippen LogP contribution < -0.4 is 11.1 Å². The van der Waals surface area contributed by atoms with Crippen LogP contribution in [0.3, 0.4) is 0 Å². The van der Waals surface area contributed by atoms with Crippen molar-refractivity contribution in [2.24, 2.45) is 11.1 Å². The molecule has 29 heavy (non-hydrogen) atoms. The largest absolute Gasteiger partial charge is 0.471 e. The average molecular weight is 395 g/mol. The average Bonchev–Trinajstić information content (AvgIpc) is 3.29. The van der Waals surface area contributed by atoms with E-state index in [9.17, 15) is 14.4 Å². The van der Waals surface area contributed by atoms with Crippen LogP contribution in [0, 0.1) is 12.3 Å². The first-order chi connectivity index (χ1) is 13.9. The van der Waals surface area contributed by atoms with Crippen LogP contribution in [0.2, 0.25) is 0 Å². The summed E-state index contributed by atoms with van der Waals surface area (Å²) in [5.41, 5.74) is 7.53. The predicted octanol–water partition coefficient (Wildman–Crippen LogP) is 2.50. The zero-order valence-corrected chi connectivity index (χ0v) is 16.4. The van der Waals surface area contributed by atoms with Gasteiger partial charge in [-0.1, -0.05) is 12.5 Å². The summed E-state index contributed by atoms with van der Waals surface area (Å²) in [6.07, 6.45) is 7.38. The molecule has 4 rings (SSSR count). The number of hydrogen-bond donors (Lipinski definition) is 2. The van der Waals surface area contributed by atoms with Crippen LogP contribution in [0.25, 0.3) is 0 Å². The normalized spacial score (nSPS) is 19.8. The van der Waals surface area contributed by atoms with Crippen LogP contribution in [0.15, 0.2) is 41.2 Å². The molecule has 0 radical (unpaired) electrons. The van der Waals surface area contributed by atoms with Gasteiger partial charge in [-0.05, 0) is 55.4 Å². The van der Waals surface area contributed by atoms with E-state index in [0.29, 0.717) is 29.8 Å². The molecule has 1 aromatic carbocycles. The molecule has 2 aromatic rings. The number of rotatable bonds is 5. The molecular weight excluding hydrogens is 370 g/mol. The minimum atomic E-state index is -0.574. The van der Waals surface area contributed by atoms with Crippen molar-refractivity contribution in [3.63, 3.8) is 0 Å². The van der Waals surface area contributed by atoms with E-state index in [-0.39, 0.29) is 23.3 Å². The number of carbonyl (C=O) groups is 3. The first-order valence-electron chi connectivity index (χ1n) is 9.90. The van der Waals surface area contributed by atoms with Crippen molar-refractivity contribution >= 4 is 17.7 Å². The maximum absolute atomic E-state index is 13.1. The number of hydrogen-bond acceptors (Lipinski definition) is 4. The lowest BCUT2D eigenvalue weighted by Crippen LogP contribution is -2.43. The minimum absolute atomic E-state index is 0.0463. The van der Waals surface area contributed by atoms with Crippen LogP contribution in [-0.2, 0) is 0 Å². The van der Waals surface area contributed by atoms with Crippen molar-refractivity contribution in [3.05, 3.63) is 59.0 Å². The fourth-order valence-electron chi connectivity index (χ4n) is 4.48. The van der Waals surface area contributed by atoms with Crippen LogP contribution >= 0.6 is 0 Å². The molecule has 2 heterocycles. The summed E-state index contributed by atoms with van der Waals surface area (Å²) in [6.45, 7) is 2.94. The highest BCUT2D eigenvalue weighted by Crippen LogP contribution is 2.50. The molecule has 1 saturated carbocycles. The van der Waals surface area contributed by atoms with E-state index in [1.165, 1.54) is 18.8 Å². The van der Waals surface area contributed by atoms with E-state index >= 15 is 0 Å². The minimum Gasteiger partial charge on any atom is -0.471 e. The predicted molar refractivity (Wildman–Crippen MR) is 106 cm³/mol. The van der Waals surface area contributed by atoms with Gasteiger partial charge in [0.1, 0.15) is 6.26 Å². The topological polar surface area (TPSA) is 106 Å². The van der Waals surface area contributed by atoms with Gasteiger partial charge in [-0.15, -0.1) is 0 Å². The molecule has 1 aliphatic carbocycles. The molecule has 1 saturated heterocycles. The number of nitrogens with zero attached hydrogens (tertiary/aromatic N) is 1. The number of amides is 3. The second kappa shape index (κ2) is 7.39. The molecule has 152 valence electrons. The molecule has 1 spiro atoms. The van der Waals surface area contributed by atoms with Gasteiger partial charge in [-0.2, -0.15) is 0 Å². The summed E-state index contributed by atoms with van der Waals surface area (Å²) < 4.78 is 5.19. The number of carbonyl (C=O) groups excluding carboxylic acids is 3. The molecule has 7 heteroatoms. The van der Waals surface area contributed by atoms with E-state index in [1.807, 2.05) is 11.8 Å². The Hall–Kier alpha value is -3.09. The van der Waals surface area contributed by atoms with Gasteiger partial charge in [0, 0.05) is 30.3 Å². The van der Waals surface area contributed by atoms with E-state index in [1.54, 1.807) is 24.5 Å². The monoisotopic (exact) mass is 395 g/mol. The molecule has 2 fully saturated rings. The standard InChI is InChI=1S/C22H25N3O4/c1-14-11-29-12-18(14)21(28)25-13-22(6-3-7-22)9-17(25)10-24-20(27)16-5-2-4-15(8-16)19(23)26/h2,4-5,8,11-12,17H,3,6-7,9-10,13H2,1H3,(H2,23,26)(H,24,27). The summed E-state index contributed by atoms with van der Waals surface area (Å²) >= 11 is 0. The Morgan fingerprint density at radius 3 is 2.62 bits per heavy atom. The van der Waals surface area contributed by atoms with Gasteiger partial charge in [-0.25, -0.2) is 0 Å². The highest BCUT2D eigenvalue weighted by atomic mass is 16.3. The molecule has 1 unspecified atom stereocenters. The summed E-state index contributed by atoms with van der Waals surface area (Å²) in [5.74, 6) is -0.904. The Kier molecular flexibility index (Phi) is 4.90. The fraction of sp³-hybridized carbons (Fsp3) is 0.409. The van der Waals surface area contributed by atoms with Gasteiger partial charge < -0.3 is 20.4 Å². The van der Waals surface area contributed by atoms with Crippen molar-refractivity contribution in [2.45, 2.75) is 38.6 Å². The summed E-state index contributed by atoms with van der Waals surface area (Å²) in [5, 5.41) is 2.93. The Morgan fingerprint density at radius 2 is 2.00 bits per heavy atom. The second-order valence-corrected chi connectivity index (χ2v) is 8.27. The Balaban J connectivity index is 1.48. The van der Waals surface area contributed by atoms with E-state index in [2.05, 4.69) is 5.32 Å². The summed E-state index contributed by atoms with van der Waals surface area (Å²) in [4.78, 5) is 38.9. The SMILES string of the molecule is Cc1cocc1C(=O)N1CC2(CCC2)CC1CNC(=O)c1cccc(C(N)=O)c1. The highest BCUT2D eigenvalue weighted by molar-refractivity contribution is 5.99. The Bertz CT molecular complexity index is 960. The lowest BCUT2D eigenvalue weighted by atomic mass is 9.67. The molecule has 1 aromatic heterocycles. The van der Waals surface area contributed by atoms with Crippen molar-refractivity contribution in [2.75, 3.05) is 13.1 Å². The van der Waals surface area contributed by atoms with Gasteiger partial charge in [0.15, 0.2) is 0 Å². The van der Waals surface area contributed by atoms with E-state index in [0.717, 1.165) is 24.8 Å². The third-order valence-corrected chi connectivity index (χ3v) is 6.28. The molecular formula is C22H25N3O4. The zero-order valence-electron chi connectivity index (χ0n) is 16.4. The van der Waals surface area contributed by atoms with Crippen LogP contribution in [0.1, 0.15) is 62.3 Å². The second-order valence-electron chi connectivity index (χ2n) is 8.27. The third kappa shape index (κ3) is 3.64. The zero-order chi connectivity index (χ0) is 20.6. The van der Waals surface area contributed by atoms with Crippen molar-refractivity contribution in [1.29, 1.82) is 0 Å². The smallest absolute Gasteiger partial charge is 0.257 e. The lowest BCUT2D eigenvalue weighted by molar-refractivity contribution is 0.0684. The van der Waals surface area contributed by atoms with Crippen LogP contribution in [0.5, 0.6) is 0 Å². The molecule has 0 bridgehead atoms. The van der Waals surface area contributed by atoms with E-state index in [4.69, 9.17) is 10.2 Å². The Labute approximate surface area is 169 Å². The molecule has 1 aliphatic heterocycles. The Morgan fingerprint density at radius 1 is 1.24 bits per heavy atom. The van der Waals surface area contributed by atoms with Crippen molar-refractivity contribution in [1.82, 2.24) is 10.2 Å². The fourth-order valence-corrected chi connectivity index (χ4v) is 4.48. The number of nitrogens with two attached hydrogens (primary N) is 1. The third-order valence-electron chi connectivity index (χ3n) is 6.28. The number of furan rings is 1. The lowest BCUT2D eigenvalue weighted by Gasteiger charge is -2.37. The maximum Gasteiger partial charge on any atom is 0.257 e. The molecule has 3 amide bonds. The summed E-state index contributed by atoms with van der Waals surface area (Å²) in [7, 11) is 0. The quantitative estimate of drug-likeness (QED) is 0.811. The van der Waals surface area contributed by atoms with Gasteiger partial charge in [0.2, 0.25) is 5.91 Å². The van der Waals surface area contributed by atoms with E-state index < -0.39 is 5.91 Å². The molecule has 1 atom stereocenters. The first-order valence-corrected chi connectivity index (χ1v) is 9.90. The van der Waals surface area contributed by atoms with Crippen LogP contribution in [0.4, 0.5) is 0 Å². The van der Waals surface area contributed by atoms with Crippen LogP contribution in [-0.4, -0.2) is 41.8 Å². The molecule has 3 N–H and O–H groups in total. The highest BCUT2D eigenvalue weighted by Gasteiger charge is 2.49.